The van der Waals surface area contributed by atoms with E-state index in [9.17, 15) is 4.79 Å². The molecular weight excluding hydrogens is 238 g/mol. The van der Waals surface area contributed by atoms with E-state index in [0.717, 1.165) is 42.6 Å². The van der Waals surface area contributed by atoms with Crippen molar-refractivity contribution < 1.29 is 9.90 Å². The zero-order valence-corrected chi connectivity index (χ0v) is 11.3. The first-order chi connectivity index (χ1) is 9.19. The Morgan fingerprint density at radius 2 is 1.79 bits per heavy atom. The summed E-state index contributed by atoms with van der Waals surface area (Å²) < 4.78 is 0. The average Bonchev–Trinajstić information content (AvgIpc) is 2.81. The maximum absolute atomic E-state index is 11.0. The fourth-order valence-electron chi connectivity index (χ4n) is 5.57. The molecule has 104 valence electrons. The van der Waals surface area contributed by atoms with Crippen LogP contribution in [0, 0.1) is 29.6 Å². The van der Waals surface area contributed by atoms with Crippen LogP contribution < -0.4 is 5.32 Å². The molecule has 0 saturated heterocycles. The number of hydrogen-bond donors (Lipinski definition) is 2. The van der Waals surface area contributed by atoms with Crippen molar-refractivity contribution in [2.24, 2.45) is 29.6 Å². The molecule has 4 bridgehead atoms. The topological polar surface area (TPSA) is 49.3 Å². The van der Waals surface area contributed by atoms with Gasteiger partial charge < -0.3 is 5.11 Å². The van der Waals surface area contributed by atoms with Gasteiger partial charge in [0.05, 0.1) is 0 Å². The molecular formula is C16H23NO2. The van der Waals surface area contributed by atoms with E-state index < -0.39 is 12.0 Å². The SMILES string of the molecule is O=C(O)C1C=C(CC2C3CC4CC(C3)CC2C4)CN1. The normalized spacial score (nSPS) is 47.5. The van der Waals surface area contributed by atoms with Gasteiger partial charge in [-0.05, 0) is 68.1 Å². The number of nitrogens with one attached hydrogen (secondary N) is 1. The number of hydrogen-bond acceptors (Lipinski definition) is 2. The van der Waals surface area contributed by atoms with E-state index >= 15 is 0 Å². The summed E-state index contributed by atoms with van der Waals surface area (Å²) in [6, 6.07) is -0.438. The smallest absolute Gasteiger partial charge is 0.324 e. The molecule has 0 amide bonds. The summed E-state index contributed by atoms with van der Waals surface area (Å²) in [7, 11) is 0. The van der Waals surface area contributed by atoms with Crippen LogP contribution in [0.25, 0.3) is 0 Å². The summed E-state index contributed by atoms with van der Waals surface area (Å²) >= 11 is 0. The largest absolute Gasteiger partial charge is 0.480 e. The Balaban J connectivity index is 1.46. The van der Waals surface area contributed by atoms with Gasteiger partial charge in [-0.15, -0.1) is 0 Å². The Kier molecular flexibility index (Phi) is 2.73. The lowest BCUT2D eigenvalue weighted by molar-refractivity contribution is -0.137. The number of carboxylic acids is 1. The predicted molar refractivity (Wildman–Crippen MR) is 72.7 cm³/mol. The summed E-state index contributed by atoms with van der Waals surface area (Å²) in [6.07, 6.45) is 10.5. The molecule has 5 rings (SSSR count). The Morgan fingerprint density at radius 1 is 1.16 bits per heavy atom. The van der Waals surface area contributed by atoms with E-state index in [4.69, 9.17) is 5.11 Å². The van der Waals surface area contributed by atoms with Crippen LogP contribution in [-0.2, 0) is 4.79 Å². The molecule has 4 saturated carbocycles. The number of carboxylic acid groups (broad SMARTS) is 1. The summed E-state index contributed by atoms with van der Waals surface area (Å²) in [5, 5.41) is 12.1. The van der Waals surface area contributed by atoms with Gasteiger partial charge in [-0.1, -0.05) is 11.6 Å². The van der Waals surface area contributed by atoms with Crippen molar-refractivity contribution >= 4 is 5.97 Å². The molecule has 4 fully saturated rings. The second kappa shape index (κ2) is 4.34. The molecule has 2 N–H and O–H groups in total. The molecule has 0 spiro atoms. The molecule has 1 unspecified atom stereocenters. The number of aliphatic carboxylic acids is 1. The van der Waals surface area contributed by atoms with Crippen molar-refractivity contribution in [1.29, 1.82) is 0 Å². The van der Waals surface area contributed by atoms with Gasteiger partial charge >= 0.3 is 5.97 Å². The Bertz CT molecular complexity index is 400. The Hall–Kier alpha value is -0.830. The van der Waals surface area contributed by atoms with Crippen LogP contribution in [0.2, 0.25) is 0 Å². The maximum atomic E-state index is 11.0. The van der Waals surface area contributed by atoms with E-state index in [2.05, 4.69) is 5.32 Å². The summed E-state index contributed by atoms with van der Waals surface area (Å²) in [6.45, 7) is 0.791. The highest BCUT2D eigenvalue weighted by atomic mass is 16.4. The highest BCUT2D eigenvalue weighted by Gasteiger charge is 2.48. The van der Waals surface area contributed by atoms with E-state index in [-0.39, 0.29) is 0 Å². The fraction of sp³-hybridized carbons (Fsp3) is 0.812. The van der Waals surface area contributed by atoms with Gasteiger partial charge in [0.1, 0.15) is 6.04 Å². The second-order valence-electron chi connectivity index (χ2n) is 7.32. The summed E-state index contributed by atoms with van der Waals surface area (Å²) in [5.41, 5.74) is 1.35. The fourth-order valence-corrected chi connectivity index (χ4v) is 5.57. The molecule has 5 aliphatic rings. The Morgan fingerprint density at radius 3 is 2.32 bits per heavy atom. The van der Waals surface area contributed by atoms with Crippen molar-refractivity contribution in [3.63, 3.8) is 0 Å². The zero-order chi connectivity index (χ0) is 13.0. The molecule has 1 heterocycles. The van der Waals surface area contributed by atoms with Crippen LogP contribution in [0.15, 0.2) is 11.6 Å². The molecule has 0 aromatic heterocycles. The van der Waals surface area contributed by atoms with Crippen molar-refractivity contribution in [2.75, 3.05) is 6.54 Å². The number of carbonyl (C=O) groups is 1. The molecule has 19 heavy (non-hydrogen) atoms. The molecule has 1 atom stereocenters. The van der Waals surface area contributed by atoms with E-state index in [1.54, 1.807) is 0 Å². The molecule has 1 aliphatic heterocycles. The first-order valence-electron chi connectivity index (χ1n) is 7.85. The Labute approximate surface area is 114 Å². The predicted octanol–water partition coefficient (Wildman–Crippen LogP) is 2.43. The van der Waals surface area contributed by atoms with Crippen LogP contribution in [-0.4, -0.2) is 23.7 Å². The average molecular weight is 261 g/mol. The van der Waals surface area contributed by atoms with Gasteiger partial charge in [-0.2, -0.15) is 0 Å². The molecule has 3 nitrogen and oxygen atoms in total. The van der Waals surface area contributed by atoms with Crippen LogP contribution in [0.5, 0.6) is 0 Å². The van der Waals surface area contributed by atoms with Gasteiger partial charge in [0.25, 0.3) is 0 Å². The van der Waals surface area contributed by atoms with Crippen molar-refractivity contribution in [3.05, 3.63) is 11.6 Å². The standard InChI is InChI=1S/C16H23NO2/c18-16(19)15-7-11(8-17-15)6-14-12-2-9-1-10(4-12)5-13(14)3-9/h7,9-10,12-15,17H,1-6,8H2,(H,18,19). The highest BCUT2D eigenvalue weighted by molar-refractivity contribution is 5.76. The van der Waals surface area contributed by atoms with Crippen LogP contribution in [0.3, 0.4) is 0 Å². The van der Waals surface area contributed by atoms with Crippen molar-refractivity contribution in [2.45, 2.75) is 44.6 Å². The first-order valence-corrected chi connectivity index (χ1v) is 7.85. The van der Waals surface area contributed by atoms with Crippen LogP contribution in [0.1, 0.15) is 38.5 Å². The maximum Gasteiger partial charge on any atom is 0.324 e. The third kappa shape index (κ3) is 2.03. The van der Waals surface area contributed by atoms with Gasteiger partial charge in [0.15, 0.2) is 0 Å². The molecule has 0 aromatic carbocycles. The second-order valence-corrected chi connectivity index (χ2v) is 7.32. The quantitative estimate of drug-likeness (QED) is 0.767. The molecule has 0 radical (unpaired) electrons. The molecule has 4 aliphatic carbocycles. The summed E-state index contributed by atoms with van der Waals surface area (Å²) in [4.78, 5) is 11.0. The minimum Gasteiger partial charge on any atom is -0.480 e. The van der Waals surface area contributed by atoms with Gasteiger partial charge in [0.2, 0.25) is 0 Å². The minimum absolute atomic E-state index is 0.438. The van der Waals surface area contributed by atoms with Crippen LogP contribution in [0.4, 0.5) is 0 Å². The lowest BCUT2D eigenvalue weighted by Gasteiger charge is -2.54. The molecule has 0 aromatic rings. The van der Waals surface area contributed by atoms with E-state index in [1.165, 1.54) is 37.7 Å². The monoisotopic (exact) mass is 261 g/mol. The summed E-state index contributed by atoms with van der Waals surface area (Å²) in [5.74, 6) is 4.07. The number of rotatable bonds is 3. The lowest BCUT2D eigenvalue weighted by atomic mass is 9.51. The van der Waals surface area contributed by atoms with E-state index in [0.29, 0.717) is 0 Å². The van der Waals surface area contributed by atoms with Crippen molar-refractivity contribution in [1.82, 2.24) is 5.32 Å². The zero-order valence-electron chi connectivity index (χ0n) is 11.3. The first kappa shape index (κ1) is 12.0. The lowest BCUT2D eigenvalue weighted by Crippen LogP contribution is -2.45. The van der Waals surface area contributed by atoms with Gasteiger partial charge in [0, 0.05) is 6.54 Å². The third-order valence-corrected chi connectivity index (χ3v) is 6.14. The third-order valence-electron chi connectivity index (χ3n) is 6.14. The van der Waals surface area contributed by atoms with Crippen LogP contribution >= 0.6 is 0 Å². The van der Waals surface area contributed by atoms with E-state index in [1.807, 2.05) is 6.08 Å². The van der Waals surface area contributed by atoms with Gasteiger partial charge in [-0.25, -0.2) is 0 Å². The van der Waals surface area contributed by atoms with Gasteiger partial charge in [-0.3, -0.25) is 10.1 Å². The molecule has 3 heteroatoms. The van der Waals surface area contributed by atoms with Crippen molar-refractivity contribution in [3.8, 4) is 0 Å². The minimum atomic E-state index is -0.736. The highest BCUT2D eigenvalue weighted by Crippen LogP contribution is 2.57.